The van der Waals surface area contributed by atoms with E-state index in [0.717, 1.165) is 4.88 Å². The van der Waals surface area contributed by atoms with Crippen molar-refractivity contribution in [3.63, 3.8) is 0 Å². The fourth-order valence-corrected chi connectivity index (χ4v) is 1.68. The van der Waals surface area contributed by atoms with Crippen LogP contribution in [0.5, 0.6) is 0 Å². The Morgan fingerprint density at radius 2 is 2.21 bits per heavy atom. The zero-order chi connectivity index (χ0) is 9.97. The maximum absolute atomic E-state index is 10.5. The van der Waals surface area contributed by atoms with Crippen LogP contribution in [0.2, 0.25) is 0 Å². The molecule has 4 nitrogen and oxygen atoms in total. The third kappa shape index (κ3) is 1.62. The van der Waals surface area contributed by atoms with E-state index in [4.69, 9.17) is 5.11 Å². The molecule has 0 atom stereocenters. The van der Waals surface area contributed by atoms with Crippen LogP contribution in [-0.2, 0) is 0 Å². The van der Waals surface area contributed by atoms with Crippen LogP contribution in [-0.4, -0.2) is 21.0 Å². The molecule has 0 saturated carbocycles. The van der Waals surface area contributed by atoms with E-state index >= 15 is 0 Å². The minimum absolute atomic E-state index is 0.0368. The lowest BCUT2D eigenvalue weighted by molar-refractivity contribution is 0.0690. The van der Waals surface area contributed by atoms with Crippen molar-refractivity contribution in [1.82, 2.24) is 9.97 Å². The topological polar surface area (TPSA) is 63.1 Å². The molecule has 0 aliphatic heterocycles. The second kappa shape index (κ2) is 3.55. The van der Waals surface area contributed by atoms with Crippen LogP contribution in [0, 0.1) is 0 Å². The van der Waals surface area contributed by atoms with Gasteiger partial charge in [0.2, 0.25) is 0 Å². The van der Waals surface area contributed by atoms with E-state index in [1.807, 2.05) is 17.5 Å². The van der Waals surface area contributed by atoms with Crippen molar-refractivity contribution in [2.75, 3.05) is 0 Å². The van der Waals surface area contributed by atoms with E-state index in [0.29, 0.717) is 5.69 Å². The molecule has 0 aromatic carbocycles. The summed E-state index contributed by atoms with van der Waals surface area (Å²) in [6.07, 6.45) is 2.73. The zero-order valence-electron chi connectivity index (χ0n) is 7.04. The first-order valence-electron chi connectivity index (χ1n) is 3.86. The average Bonchev–Trinajstić information content (AvgIpc) is 2.71. The summed E-state index contributed by atoms with van der Waals surface area (Å²) in [7, 11) is 0. The van der Waals surface area contributed by atoms with Crippen molar-refractivity contribution in [3.8, 4) is 10.6 Å². The van der Waals surface area contributed by atoms with E-state index in [2.05, 4.69) is 9.97 Å². The summed E-state index contributed by atoms with van der Waals surface area (Å²) < 4.78 is 0. The van der Waals surface area contributed by atoms with Gasteiger partial charge in [0.1, 0.15) is 0 Å². The molecule has 0 aliphatic carbocycles. The lowest BCUT2D eigenvalue weighted by atomic mass is 10.3. The van der Waals surface area contributed by atoms with E-state index in [1.165, 1.54) is 12.4 Å². The molecule has 14 heavy (non-hydrogen) atoms. The van der Waals surface area contributed by atoms with Crippen molar-refractivity contribution in [1.29, 1.82) is 0 Å². The first-order chi connectivity index (χ1) is 6.77. The largest absolute Gasteiger partial charge is 0.476 e. The SMILES string of the molecule is O=C(O)c1cnc(-c2cccs2)cn1. The number of hydrogen-bond donors (Lipinski definition) is 1. The van der Waals surface area contributed by atoms with Crippen LogP contribution in [0.1, 0.15) is 10.5 Å². The standard InChI is InChI=1S/C9H6N2O2S/c12-9(13)7-5-10-6(4-11-7)8-2-1-3-14-8/h1-5H,(H,12,13). The molecule has 0 unspecified atom stereocenters. The molecule has 5 heteroatoms. The van der Waals surface area contributed by atoms with Crippen molar-refractivity contribution in [2.24, 2.45) is 0 Å². The number of carbonyl (C=O) groups is 1. The van der Waals surface area contributed by atoms with Gasteiger partial charge in [0, 0.05) is 0 Å². The molecule has 2 heterocycles. The number of nitrogens with zero attached hydrogens (tertiary/aromatic N) is 2. The Hall–Kier alpha value is -1.75. The monoisotopic (exact) mass is 206 g/mol. The molecule has 0 radical (unpaired) electrons. The van der Waals surface area contributed by atoms with Crippen LogP contribution in [0.25, 0.3) is 10.6 Å². The second-order valence-electron chi connectivity index (χ2n) is 2.57. The van der Waals surface area contributed by atoms with E-state index in [1.54, 1.807) is 11.3 Å². The molecule has 0 bridgehead atoms. The molecule has 0 spiro atoms. The normalized spacial score (nSPS) is 10.0. The summed E-state index contributed by atoms with van der Waals surface area (Å²) in [5.41, 5.74) is 0.662. The Morgan fingerprint density at radius 3 is 2.71 bits per heavy atom. The van der Waals surface area contributed by atoms with Crippen LogP contribution in [0.3, 0.4) is 0 Å². The zero-order valence-corrected chi connectivity index (χ0v) is 7.86. The summed E-state index contributed by atoms with van der Waals surface area (Å²) >= 11 is 1.54. The highest BCUT2D eigenvalue weighted by molar-refractivity contribution is 7.13. The summed E-state index contributed by atoms with van der Waals surface area (Å²) in [5.74, 6) is -1.06. The number of carboxylic acid groups (broad SMARTS) is 1. The van der Waals surface area contributed by atoms with Gasteiger partial charge >= 0.3 is 5.97 Å². The van der Waals surface area contributed by atoms with Gasteiger partial charge in [-0.3, -0.25) is 4.98 Å². The molecular weight excluding hydrogens is 200 g/mol. The lowest BCUT2D eigenvalue weighted by Crippen LogP contribution is -2.00. The molecule has 70 valence electrons. The van der Waals surface area contributed by atoms with Crippen molar-refractivity contribution in [2.45, 2.75) is 0 Å². The highest BCUT2D eigenvalue weighted by atomic mass is 32.1. The molecule has 0 amide bonds. The Balaban J connectivity index is 2.36. The van der Waals surface area contributed by atoms with Gasteiger partial charge in [-0.1, -0.05) is 6.07 Å². The maximum atomic E-state index is 10.5. The fraction of sp³-hybridized carbons (Fsp3) is 0. The highest BCUT2D eigenvalue weighted by Gasteiger charge is 2.06. The number of hydrogen-bond acceptors (Lipinski definition) is 4. The number of aromatic nitrogens is 2. The van der Waals surface area contributed by atoms with Gasteiger partial charge in [0.25, 0.3) is 0 Å². The van der Waals surface area contributed by atoms with Gasteiger partial charge in [0.05, 0.1) is 23.0 Å². The molecule has 2 aromatic rings. The molecule has 0 saturated heterocycles. The van der Waals surface area contributed by atoms with E-state index in [-0.39, 0.29) is 5.69 Å². The third-order valence-electron chi connectivity index (χ3n) is 1.64. The van der Waals surface area contributed by atoms with Crippen molar-refractivity contribution >= 4 is 17.3 Å². The predicted octanol–water partition coefficient (Wildman–Crippen LogP) is 1.90. The first-order valence-corrected chi connectivity index (χ1v) is 4.74. The quantitative estimate of drug-likeness (QED) is 0.815. The smallest absolute Gasteiger partial charge is 0.356 e. The summed E-state index contributed by atoms with van der Waals surface area (Å²) in [6, 6.07) is 3.82. The molecule has 2 rings (SSSR count). The Morgan fingerprint density at radius 1 is 1.36 bits per heavy atom. The number of rotatable bonds is 2. The van der Waals surface area contributed by atoms with Crippen LogP contribution in [0.4, 0.5) is 0 Å². The van der Waals surface area contributed by atoms with Crippen LogP contribution >= 0.6 is 11.3 Å². The van der Waals surface area contributed by atoms with Gasteiger partial charge in [0.15, 0.2) is 5.69 Å². The minimum atomic E-state index is -1.06. The van der Waals surface area contributed by atoms with Crippen LogP contribution in [0.15, 0.2) is 29.9 Å². The Bertz CT molecular complexity index is 436. The number of aromatic carboxylic acids is 1. The lowest BCUT2D eigenvalue weighted by Gasteiger charge is -1.96. The van der Waals surface area contributed by atoms with E-state index < -0.39 is 5.97 Å². The Kier molecular flexibility index (Phi) is 2.24. The highest BCUT2D eigenvalue weighted by Crippen LogP contribution is 2.21. The van der Waals surface area contributed by atoms with Gasteiger partial charge in [-0.15, -0.1) is 11.3 Å². The molecule has 0 aliphatic rings. The average molecular weight is 206 g/mol. The van der Waals surface area contributed by atoms with Crippen molar-refractivity contribution in [3.05, 3.63) is 35.6 Å². The van der Waals surface area contributed by atoms with Gasteiger partial charge in [-0.25, -0.2) is 9.78 Å². The minimum Gasteiger partial charge on any atom is -0.476 e. The Labute approximate surface area is 83.9 Å². The second-order valence-corrected chi connectivity index (χ2v) is 3.52. The summed E-state index contributed by atoms with van der Waals surface area (Å²) in [5, 5.41) is 10.5. The number of carboxylic acids is 1. The number of thiophene rings is 1. The molecule has 1 N–H and O–H groups in total. The van der Waals surface area contributed by atoms with Crippen molar-refractivity contribution < 1.29 is 9.90 Å². The summed E-state index contributed by atoms with van der Waals surface area (Å²) in [4.78, 5) is 19.3. The van der Waals surface area contributed by atoms with Gasteiger partial charge in [-0.05, 0) is 11.4 Å². The van der Waals surface area contributed by atoms with Gasteiger partial charge in [-0.2, -0.15) is 0 Å². The van der Waals surface area contributed by atoms with Gasteiger partial charge < -0.3 is 5.11 Å². The summed E-state index contributed by atoms with van der Waals surface area (Å²) in [6.45, 7) is 0. The molecular formula is C9H6N2O2S. The fourth-order valence-electron chi connectivity index (χ4n) is 0.990. The molecule has 2 aromatic heterocycles. The third-order valence-corrected chi connectivity index (χ3v) is 2.54. The van der Waals surface area contributed by atoms with E-state index in [9.17, 15) is 4.79 Å². The molecule has 0 fully saturated rings. The first kappa shape index (κ1) is 8.83. The van der Waals surface area contributed by atoms with Crippen LogP contribution < -0.4 is 0 Å². The maximum Gasteiger partial charge on any atom is 0.356 e. The predicted molar refractivity (Wildman–Crippen MR) is 52.3 cm³/mol.